The standard InChI is InChI=1S/C18H21NO4S/c1-5-23-12-8-6-11(7-9-12)13-10-24-15(14(13)16(20)21)19-17(22)18(2,3)4/h6-10H,5H2,1-4H3,(H,19,22)(H,20,21). The first-order chi connectivity index (χ1) is 11.2. The lowest BCUT2D eigenvalue weighted by Crippen LogP contribution is -2.27. The Bertz CT molecular complexity index is 741. The van der Waals surface area contributed by atoms with Gasteiger partial charge in [0.05, 0.1) is 6.61 Å². The Labute approximate surface area is 145 Å². The number of anilines is 1. The van der Waals surface area contributed by atoms with E-state index in [0.29, 0.717) is 17.2 Å². The van der Waals surface area contributed by atoms with Gasteiger partial charge in [-0.25, -0.2) is 4.79 Å². The third-order valence-electron chi connectivity index (χ3n) is 3.39. The zero-order chi connectivity index (χ0) is 17.9. The molecule has 0 spiro atoms. The predicted molar refractivity (Wildman–Crippen MR) is 96.0 cm³/mol. The van der Waals surface area contributed by atoms with Crippen LogP contribution in [0.3, 0.4) is 0 Å². The van der Waals surface area contributed by atoms with Crippen molar-refractivity contribution in [1.82, 2.24) is 0 Å². The molecule has 0 unspecified atom stereocenters. The van der Waals surface area contributed by atoms with Crippen LogP contribution in [-0.2, 0) is 4.79 Å². The molecule has 1 heterocycles. The van der Waals surface area contributed by atoms with Gasteiger partial charge in [0.25, 0.3) is 0 Å². The molecule has 1 amide bonds. The zero-order valence-electron chi connectivity index (χ0n) is 14.2. The maximum Gasteiger partial charge on any atom is 0.339 e. The molecule has 1 aromatic heterocycles. The van der Waals surface area contributed by atoms with Crippen LogP contribution in [-0.4, -0.2) is 23.6 Å². The van der Waals surface area contributed by atoms with E-state index in [1.165, 1.54) is 11.3 Å². The summed E-state index contributed by atoms with van der Waals surface area (Å²) in [4.78, 5) is 23.9. The summed E-state index contributed by atoms with van der Waals surface area (Å²) in [5.41, 5.74) is 0.865. The fraction of sp³-hybridized carbons (Fsp3) is 0.333. The van der Waals surface area contributed by atoms with Crippen molar-refractivity contribution in [2.45, 2.75) is 27.7 Å². The average Bonchev–Trinajstić information content (AvgIpc) is 2.91. The molecule has 128 valence electrons. The van der Waals surface area contributed by atoms with Crippen LogP contribution in [0.25, 0.3) is 11.1 Å². The highest BCUT2D eigenvalue weighted by molar-refractivity contribution is 7.15. The van der Waals surface area contributed by atoms with Gasteiger partial charge in [-0.3, -0.25) is 4.79 Å². The number of hydrogen-bond donors (Lipinski definition) is 2. The van der Waals surface area contributed by atoms with Gasteiger partial charge in [-0.05, 0) is 24.6 Å². The molecule has 0 aliphatic carbocycles. The van der Waals surface area contributed by atoms with E-state index in [0.717, 1.165) is 11.3 Å². The van der Waals surface area contributed by atoms with Gasteiger partial charge >= 0.3 is 5.97 Å². The number of aromatic carboxylic acids is 1. The van der Waals surface area contributed by atoms with Gasteiger partial charge in [-0.1, -0.05) is 32.9 Å². The second kappa shape index (κ2) is 7.05. The molecule has 24 heavy (non-hydrogen) atoms. The molecule has 0 saturated heterocycles. The highest BCUT2D eigenvalue weighted by Gasteiger charge is 2.26. The molecule has 2 N–H and O–H groups in total. The van der Waals surface area contributed by atoms with Crippen molar-refractivity contribution >= 4 is 28.2 Å². The molecular formula is C18H21NO4S. The molecule has 0 saturated carbocycles. The summed E-state index contributed by atoms with van der Waals surface area (Å²) in [6.45, 7) is 7.82. The Hall–Kier alpha value is -2.34. The van der Waals surface area contributed by atoms with Crippen LogP contribution in [0.15, 0.2) is 29.6 Å². The predicted octanol–water partition coefficient (Wildman–Crippen LogP) is 4.50. The second-order valence-corrected chi connectivity index (χ2v) is 7.20. The monoisotopic (exact) mass is 347 g/mol. The minimum atomic E-state index is -1.07. The lowest BCUT2D eigenvalue weighted by Gasteiger charge is -2.17. The Balaban J connectivity index is 2.38. The molecule has 0 aliphatic rings. The quantitative estimate of drug-likeness (QED) is 0.835. The smallest absolute Gasteiger partial charge is 0.339 e. The van der Waals surface area contributed by atoms with Crippen molar-refractivity contribution in [3.05, 3.63) is 35.2 Å². The number of amides is 1. The summed E-state index contributed by atoms with van der Waals surface area (Å²) in [5.74, 6) is -0.552. The van der Waals surface area contributed by atoms with Gasteiger partial charge in [-0.2, -0.15) is 0 Å². The van der Waals surface area contributed by atoms with E-state index >= 15 is 0 Å². The molecule has 0 radical (unpaired) electrons. The van der Waals surface area contributed by atoms with Crippen LogP contribution >= 0.6 is 11.3 Å². The van der Waals surface area contributed by atoms with Gasteiger partial charge in [0.1, 0.15) is 16.3 Å². The molecule has 1 aromatic carbocycles. The lowest BCUT2D eigenvalue weighted by atomic mass is 9.95. The molecule has 0 bridgehead atoms. The molecule has 0 aliphatic heterocycles. The summed E-state index contributed by atoms with van der Waals surface area (Å²) in [6.07, 6.45) is 0. The Morgan fingerprint density at radius 2 is 1.83 bits per heavy atom. The summed E-state index contributed by atoms with van der Waals surface area (Å²) in [5, 5.41) is 14.4. The van der Waals surface area contributed by atoms with Crippen LogP contribution in [0.4, 0.5) is 5.00 Å². The summed E-state index contributed by atoms with van der Waals surface area (Å²) in [6, 6.07) is 7.23. The van der Waals surface area contributed by atoms with E-state index in [4.69, 9.17) is 4.74 Å². The van der Waals surface area contributed by atoms with Crippen molar-refractivity contribution in [2.75, 3.05) is 11.9 Å². The maximum absolute atomic E-state index is 12.2. The Morgan fingerprint density at radius 3 is 2.33 bits per heavy atom. The summed E-state index contributed by atoms with van der Waals surface area (Å²) in [7, 11) is 0. The highest BCUT2D eigenvalue weighted by Crippen LogP contribution is 2.37. The van der Waals surface area contributed by atoms with E-state index in [1.807, 2.05) is 19.1 Å². The number of carboxylic acid groups (broad SMARTS) is 1. The van der Waals surface area contributed by atoms with E-state index in [-0.39, 0.29) is 11.5 Å². The number of ether oxygens (including phenoxy) is 1. The number of rotatable bonds is 5. The molecule has 0 atom stereocenters. The molecule has 2 rings (SSSR count). The highest BCUT2D eigenvalue weighted by atomic mass is 32.1. The van der Waals surface area contributed by atoms with Gasteiger partial charge in [0, 0.05) is 16.4 Å². The van der Waals surface area contributed by atoms with Crippen molar-refractivity contribution in [3.63, 3.8) is 0 Å². The first-order valence-corrected chi connectivity index (χ1v) is 8.51. The van der Waals surface area contributed by atoms with Gasteiger partial charge in [-0.15, -0.1) is 11.3 Å². The third-order valence-corrected chi connectivity index (χ3v) is 4.28. The van der Waals surface area contributed by atoms with Crippen LogP contribution < -0.4 is 10.1 Å². The van der Waals surface area contributed by atoms with Crippen LogP contribution in [0, 0.1) is 5.41 Å². The SMILES string of the molecule is CCOc1ccc(-c2csc(NC(=O)C(C)(C)C)c2C(=O)O)cc1. The second-order valence-electron chi connectivity index (χ2n) is 6.32. The van der Waals surface area contributed by atoms with Crippen LogP contribution in [0.1, 0.15) is 38.1 Å². The number of carboxylic acids is 1. The summed E-state index contributed by atoms with van der Waals surface area (Å²) < 4.78 is 5.40. The third kappa shape index (κ3) is 3.94. The molecule has 2 aromatic rings. The largest absolute Gasteiger partial charge is 0.494 e. The van der Waals surface area contributed by atoms with Crippen LogP contribution in [0.5, 0.6) is 5.75 Å². The fourth-order valence-electron chi connectivity index (χ4n) is 2.06. The van der Waals surface area contributed by atoms with E-state index in [2.05, 4.69) is 5.32 Å². The molecule has 6 heteroatoms. The number of carbonyl (C=O) groups excluding carboxylic acids is 1. The van der Waals surface area contributed by atoms with Gasteiger partial charge < -0.3 is 15.2 Å². The molecule has 0 fully saturated rings. The minimum Gasteiger partial charge on any atom is -0.494 e. The fourth-order valence-corrected chi connectivity index (χ4v) is 3.02. The zero-order valence-corrected chi connectivity index (χ0v) is 15.0. The summed E-state index contributed by atoms with van der Waals surface area (Å²) >= 11 is 1.21. The topological polar surface area (TPSA) is 75.6 Å². The van der Waals surface area contributed by atoms with Crippen LogP contribution in [0.2, 0.25) is 0 Å². The number of nitrogens with one attached hydrogen (secondary N) is 1. The van der Waals surface area contributed by atoms with E-state index in [9.17, 15) is 14.7 Å². The lowest BCUT2D eigenvalue weighted by molar-refractivity contribution is -0.123. The molecule has 5 nitrogen and oxygen atoms in total. The Morgan fingerprint density at radius 1 is 1.21 bits per heavy atom. The van der Waals surface area contributed by atoms with Crippen molar-refractivity contribution in [3.8, 4) is 16.9 Å². The number of carbonyl (C=O) groups is 2. The van der Waals surface area contributed by atoms with Gasteiger partial charge in [0.2, 0.25) is 5.91 Å². The van der Waals surface area contributed by atoms with E-state index in [1.54, 1.807) is 38.3 Å². The van der Waals surface area contributed by atoms with E-state index < -0.39 is 11.4 Å². The normalized spacial score (nSPS) is 11.2. The van der Waals surface area contributed by atoms with Crippen molar-refractivity contribution in [2.24, 2.45) is 5.41 Å². The number of hydrogen-bond acceptors (Lipinski definition) is 4. The average molecular weight is 347 g/mol. The minimum absolute atomic E-state index is 0.113. The van der Waals surface area contributed by atoms with Gasteiger partial charge in [0.15, 0.2) is 0 Å². The number of thiophene rings is 1. The van der Waals surface area contributed by atoms with Crippen molar-refractivity contribution < 1.29 is 19.4 Å². The first-order valence-electron chi connectivity index (χ1n) is 7.63. The number of benzene rings is 1. The maximum atomic E-state index is 12.2. The first kappa shape index (κ1) is 18.0. The Kier molecular flexibility index (Phi) is 5.29. The van der Waals surface area contributed by atoms with Crippen molar-refractivity contribution in [1.29, 1.82) is 0 Å². The molecular weight excluding hydrogens is 326 g/mol.